The second kappa shape index (κ2) is 10.3. The Kier molecular flexibility index (Phi) is 5.14. The van der Waals surface area contributed by atoms with Crippen LogP contribution in [0.1, 0.15) is 89.2 Å². The van der Waals surface area contributed by atoms with Crippen LogP contribution in [-0.2, 0) is 19.1 Å². The molecule has 0 radical (unpaired) electrons. The second-order valence-electron chi connectivity index (χ2n) is 7.60. The summed E-state index contributed by atoms with van der Waals surface area (Å²) >= 11 is 0. The molecule has 0 unspecified atom stereocenters. The Morgan fingerprint density at radius 3 is 2.61 bits per heavy atom. The van der Waals surface area contributed by atoms with Gasteiger partial charge < -0.3 is 9.84 Å². The Morgan fingerprint density at radius 2 is 1.94 bits per heavy atom. The lowest BCUT2D eigenvalue weighted by Crippen LogP contribution is -2.14. The third kappa shape index (κ3) is 5.88. The first-order valence-corrected chi connectivity index (χ1v) is 10.2. The van der Waals surface area contributed by atoms with Gasteiger partial charge in [0.2, 0.25) is 0 Å². The Hall–Kier alpha value is -2.34. The fourth-order valence-corrected chi connectivity index (χ4v) is 3.91. The van der Waals surface area contributed by atoms with Crippen LogP contribution in [0.2, 0.25) is 0 Å². The molecule has 0 aromatic heterocycles. The maximum atomic E-state index is 13.8. The van der Waals surface area contributed by atoms with Crippen molar-refractivity contribution < 1.29 is 32.6 Å². The number of benzene rings is 2. The predicted molar refractivity (Wildman–Crippen MR) is 117 cm³/mol. The zero-order chi connectivity index (χ0) is 28.5. The maximum absolute atomic E-state index is 13.8. The van der Waals surface area contributed by atoms with Crippen LogP contribution in [0, 0.1) is 0 Å². The molecule has 0 bridgehead atoms. The van der Waals surface area contributed by atoms with E-state index in [0.717, 1.165) is 37.5 Å². The molecule has 0 heterocycles. The second-order valence-corrected chi connectivity index (χ2v) is 7.60. The quantitative estimate of drug-likeness (QED) is 0.490. The maximum Gasteiger partial charge on any atom is 0.416 e. The molecule has 2 aromatic carbocycles. The number of hydrogen-bond donors (Lipinski definition) is 1. The van der Waals surface area contributed by atoms with E-state index in [-0.39, 0.29) is 35.2 Å². The molecule has 1 fully saturated rings. The molecule has 1 saturated carbocycles. The molecule has 2 aromatic rings. The molecule has 168 valence electrons. The van der Waals surface area contributed by atoms with Crippen molar-refractivity contribution in [1.29, 1.82) is 0 Å². The van der Waals surface area contributed by atoms with Crippen LogP contribution < -0.4 is 4.74 Å². The molecule has 1 aliphatic rings. The normalized spacial score (nSPS) is 20.5. The van der Waals surface area contributed by atoms with Gasteiger partial charge in [-0.25, -0.2) is 0 Å². The number of hydrogen-bond acceptors (Lipinski definition) is 3. The van der Waals surface area contributed by atoms with E-state index in [1.807, 2.05) is 0 Å². The van der Waals surface area contributed by atoms with E-state index < -0.39 is 42.7 Å². The largest absolute Gasteiger partial charge is 0.471 e. The smallest absolute Gasteiger partial charge is 0.416 e. The van der Waals surface area contributed by atoms with Crippen LogP contribution >= 0.6 is 0 Å². The number of alkyl halides is 3. The van der Waals surface area contributed by atoms with Gasteiger partial charge in [0.15, 0.2) is 6.73 Å². The van der Waals surface area contributed by atoms with E-state index in [9.17, 15) is 18.3 Å². The lowest BCUT2D eigenvalue weighted by Gasteiger charge is -2.25. The summed E-state index contributed by atoms with van der Waals surface area (Å²) in [4.78, 5) is 4.16. The highest BCUT2D eigenvalue weighted by Gasteiger charge is 2.36. The average molecular weight is 441 g/mol. The number of rotatable bonds is 7. The number of aliphatic imine (C=N–C) groups is 1. The molecule has 1 aliphatic carbocycles. The van der Waals surface area contributed by atoms with Crippen LogP contribution in [0.4, 0.5) is 13.2 Å². The Bertz CT molecular complexity index is 1170. The van der Waals surface area contributed by atoms with Crippen LogP contribution in [0.3, 0.4) is 0 Å². The first-order chi connectivity index (χ1) is 17.4. The van der Waals surface area contributed by atoms with E-state index in [2.05, 4.69) is 4.99 Å². The summed E-state index contributed by atoms with van der Waals surface area (Å²) < 4.78 is 101. The zero-order valence-corrected chi connectivity index (χ0v) is 17.2. The molecule has 0 atom stereocenters. The summed E-state index contributed by atoms with van der Waals surface area (Å²) in [6.45, 7) is -5.01. The monoisotopic (exact) mass is 440 g/mol. The van der Waals surface area contributed by atoms with Gasteiger partial charge >= 0.3 is 6.18 Å². The van der Waals surface area contributed by atoms with E-state index in [4.69, 9.17) is 14.3 Å². The average Bonchev–Trinajstić information content (AvgIpc) is 2.82. The van der Waals surface area contributed by atoms with Crippen molar-refractivity contribution in [3.8, 4) is 5.75 Å². The minimum Gasteiger partial charge on any atom is -0.471 e. The third-order valence-electron chi connectivity index (χ3n) is 5.60. The summed E-state index contributed by atoms with van der Waals surface area (Å²) in [5, 5.41) is 9.83. The molecule has 0 spiro atoms. The fraction of sp³-hybridized carbons (Fsp3) is 0.480. The van der Waals surface area contributed by atoms with Crippen molar-refractivity contribution in [1.82, 2.24) is 0 Å². The molecule has 31 heavy (non-hydrogen) atoms. The van der Waals surface area contributed by atoms with Gasteiger partial charge in [0.25, 0.3) is 0 Å². The fourth-order valence-electron chi connectivity index (χ4n) is 3.91. The standard InChI is InChI=1S/C25H30F3NO2/c1-3-18-13-20(9-10-21(18)15-30)17(2)29-16-31-22-11-12-23(19-7-5-4-6-8-19)24(14-22)25(26,27)28/h9-14,19,30H,3-8,15-16H2,1-2H3/i1D3,3D2,15D2. The molecule has 0 aliphatic heterocycles. The number of halogens is 3. The van der Waals surface area contributed by atoms with Gasteiger partial charge in [-0.3, -0.25) is 4.99 Å². The topological polar surface area (TPSA) is 41.8 Å². The number of aliphatic hydroxyl groups is 1. The van der Waals surface area contributed by atoms with Gasteiger partial charge in [0, 0.05) is 12.6 Å². The third-order valence-corrected chi connectivity index (χ3v) is 5.60. The Balaban J connectivity index is 1.86. The summed E-state index contributed by atoms with van der Waals surface area (Å²) in [7, 11) is 0. The summed E-state index contributed by atoms with van der Waals surface area (Å²) in [5.41, 5.74) is -1.09. The van der Waals surface area contributed by atoms with Crippen LogP contribution in [0.5, 0.6) is 5.75 Å². The van der Waals surface area contributed by atoms with Crippen molar-refractivity contribution in [2.24, 2.45) is 4.99 Å². The summed E-state index contributed by atoms with van der Waals surface area (Å²) in [6, 6.07) is 7.40. The highest BCUT2D eigenvalue weighted by atomic mass is 19.4. The molecule has 1 N–H and O–H groups in total. The van der Waals surface area contributed by atoms with Gasteiger partial charge in [-0.15, -0.1) is 0 Å². The van der Waals surface area contributed by atoms with Crippen LogP contribution in [-0.4, -0.2) is 17.5 Å². The molecular formula is C25H30F3NO2. The van der Waals surface area contributed by atoms with Crippen molar-refractivity contribution in [3.63, 3.8) is 0 Å². The molecule has 0 saturated heterocycles. The van der Waals surface area contributed by atoms with Gasteiger partial charge in [-0.05, 0) is 72.5 Å². The predicted octanol–water partition coefficient (Wildman–Crippen LogP) is 6.65. The van der Waals surface area contributed by atoms with E-state index in [1.54, 1.807) is 0 Å². The molecule has 3 rings (SSSR count). The lowest BCUT2D eigenvalue weighted by molar-refractivity contribution is -0.138. The van der Waals surface area contributed by atoms with E-state index >= 15 is 0 Å². The minimum absolute atomic E-state index is 0.0170. The SMILES string of the molecule is [2H]C([2H])(O)c1ccc(C(C)=NCOc2ccc(C3CCCCC3)c(C(F)(F)F)c2)cc1C([2H])([2H])C([2H])([2H])[2H]. The zero-order valence-electron chi connectivity index (χ0n) is 24.2. The molecule has 6 heteroatoms. The summed E-state index contributed by atoms with van der Waals surface area (Å²) in [5.74, 6) is -0.162. The number of ether oxygens (including phenoxy) is 1. The molecule has 3 nitrogen and oxygen atoms in total. The van der Waals surface area contributed by atoms with E-state index in [1.165, 1.54) is 25.1 Å². The van der Waals surface area contributed by atoms with Gasteiger partial charge in [0.05, 0.1) is 14.9 Å². The first kappa shape index (κ1) is 15.5. The van der Waals surface area contributed by atoms with Gasteiger partial charge in [-0.2, -0.15) is 13.2 Å². The Labute approximate surface area is 191 Å². The van der Waals surface area contributed by atoms with Crippen molar-refractivity contribution in [2.45, 2.75) is 70.9 Å². The minimum atomic E-state index is -4.54. The first-order valence-electron chi connectivity index (χ1n) is 13.7. The van der Waals surface area contributed by atoms with Crippen LogP contribution in [0.25, 0.3) is 0 Å². The Morgan fingerprint density at radius 1 is 1.16 bits per heavy atom. The summed E-state index contributed by atoms with van der Waals surface area (Å²) in [6.07, 6.45) is -3.28. The van der Waals surface area contributed by atoms with Gasteiger partial charge in [-0.1, -0.05) is 44.3 Å². The van der Waals surface area contributed by atoms with E-state index in [0.29, 0.717) is 12.8 Å². The van der Waals surface area contributed by atoms with Crippen molar-refractivity contribution in [2.75, 3.05) is 6.73 Å². The highest BCUT2D eigenvalue weighted by molar-refractivity contribution is 5.98. The molecule has 0 amide bonds. The number of nitrogens with zero attached hydrogens (tertiary/aromatic N) is 1. The number of aryl methyl sites for hydroxylation is 1. The lowest BCUT2D eigenvalue weighted by atomic mass is 9.82. The van der Waals surface area contributed by atoms with Crippen LogP contribution in [0.15, 0.2) is 41.4 Å². The highest BCUT2D eigenvalue weighted by Crippen LogP contribution is 2.42. The van der Waals surface area contributed by atoms with Crippen molar-refractivity contribution >= 4 is 5.71 Å². The van der Waals surface area contributed by atoms with Crippen molar-refractivity contribution in [3.05, 3.63) is 64.2 Å². The molecular weight excluding hydrogens is 403 g/mol. The van der Waals surface area contributed by atoms with Gasteiger partial charge in [0.1, 0.15) is 5.75 Å².